The highest BCUT2D eigenvalue weighted by Gasteiger charge is 2.40. The summed E-state index contributed by atoms with van der Waals surface area (Å²) in [6.45, 7) is 2.35. The van der Waals surface area contributed by atoms with Gasteiger partial charge in [0, 0.05) is 19.5 Å². The van der Waals surface area contributed by atoms with Crippen LogP contribution in [0.15, 0.2) is 0 Å². The molecule has 0 aromatic rings. The fourth-order valence-electron chi connectivity index (χ4n) is 1.32. The minimum atomic E-state index is -0.858. The average Bonchev–Trinajstić information content (AvgIpc) is 2.77. The molecule has 4 heteroatoms. The van der Waals surface area contributed by atoms with Gasteiger partial charge in [-0.3, -0.25) is 9.59 Å². The normalized spacial score (nSPS) is 25.4. The molecule has 2 atom stereocenters. The van der Waals surface area contributed by atoms with E-state index in [0.717, 1.165) is 6.42 Å². The Hall–Kier alpha value is -1.06. The number of carboxylic acid groups (broad SMARTS) is 1. The third-order valence-corrected chi connectivity index (χ3v) is 2.46. The summed E-state index contributed by atoms with van der Waals surface area (Å²) in [4.78, 5) is 23.2. The highest BCUT2D eigenvalue weighted by atomic mass is 16.4. The summed E-state index contributed by atoms with van der Waals surface area (Å²) in [5.41, 5.74) is 0. The Morgan fingerprint density at radius 2 is 2.08 bits per heavy atom. The van der Waals surface area contributed by atoms with Crippen LogP contribution in [0.25, 0.3) is 0 Å². The maximum atomic E-state index is 11.5. The van der Waals surface area contributed by atoms with Crippen molar-refractivity contribution in [3.05, 3.63) is 0 Å². The molecule has 0 spiro atoms. The number of carboxylic acids is 1. The predicted octanol–water partition coefficient (Wildman–Crippen LogP) is 0.575. The molecule has 13 heavy (non-hydrogen) atoms. The van der Waals surface area contributed by atoms with Gasteiger partial charge in [-0.2, -0.15) is 0 Å². The average molecular weight is 185 g/mol. The molecule has 1 aliphatic carbocycles. The van der Waals surface area contributed by atoms with Crippen LogP contribution in [0, 0.1) is 11.8 Å². The Morgan fingerprint density at radius 3 is 2.46 bits per heavy atom. The van der Waals surface area contributed by atoms with Crippen LogP contribution in [0.3, 0.4) is 0 Å². The van der Waals surface area contributed by atoms with Crippen LogP contribution in [0.1, 0.15) is 19.8 Å². The number of hydrogen-bond acceptors (Lipinski definition) is 2. The molecule has 0 aromatic heterocycles. The molecule has 1 fully saturated rings. The van der Waals surface area contributed by atoms with E-state index >= 15 is 0 Å². The number of amides is 1. The number of aliphatic carboxylic acids is 1. The molecule has 1 aliphatic rings. The molecule has 0 heterocycles. The summed E-state index contributed by atoms with van der Waals surface area (Å²) in [7, 11) is 1.66. The summed E-state index contributed by atoms with van der Waals surface area (Å²) in [5.74, 6) is -0.129. The Labute approximate surface area is 77.5 Å². The van der Waals surface area contributed by atoms with Crippen molar-refractivity contribution in [2.45, 2.75) is 19.8 Å². The van der Waals surface area contributed by atoms with Gasteiger partial charge in [-0.1, -0.05) is 6.92 Å². The third-order valence-electron chi connectivity index (χ3n) is 2.46. The van der Waals surface area contributed by atoms with E-state index in [1.165, 1.54) is 4.90 Å². The zero-order valence-corrected chi connectivity index (χ0v) is 7.99. The van der Waals surface area contributed by atoms with Gasteiger partial charge in [-0.15, -0.1) is 0 Å². The van der Waals surface area contributed by atoms with Crippen LogP contribution in [-0.4, -0.2) is 35.5 Å². The highest BCUT2D eigenvalue weighted by molar-refractivity contribution is 5.81. The van der Waals surface area contributed by atoms with Crippen LogP contribution < -0.4 is 0 Å². The first-order valence-electron chi connectivity index (χ1n) is 4.49. The van der Waals surface area contributed by atoms with Crippen LogP contribution in [0.5, 0.6) is 0 Å². The van der Waals surface area contributed by atoms with Crippen molar-refractivity contribution in [1.82, 2.24) is 4.90 Å². The van der Waals surface area contributed by atoms with Crippen molar-refractivity contribution in [2.75, 3.05) is 13.6 Å². The molecule has 0 bridgehead atoms. The lowest BCUT2D eigenvalue weighted by Gasteiger charge is -2.15. The van der Waals surface area contributed by atoms with Crippen molar-refractivity contribution in [3.8, 4) is 0 Å². The molecular weight excluding hydrogens is 170 g/mol. The Balaban J connectivity index is 2.26. The molecule has 2 unspecified atom stereocenters. The zero-order valence-electron chi connectivity index (χ0n) is 7.99. The zero-order chi connectivity index (χ0) is 10.0. The van der Waals surface area contributed by atoms with E-state index in [2.05, 4.69) is 0 Å². The van der Waals surface area contributed by atoms with Gasteiger partial charge in [0.25, 0.3) is 0 Å². The van der Waals surface area contributed by atoms with Crippen molar-refractivity contribution >= 4 is 11.9 Å². The van der Waals surface area contributed by atoms with Crippen molar-refractivity contribution in [2.24, 2.45) is 11.8 Å². The van der Waals surface area contributed by atoms with Gasteiger partial charge in [-0.05, 0) is 12.3 Å². The first kappa shape index (κ1) is 10.0. The number of carbonyl (C=O) groups excluding carboxylic acids is 1. The van der Waals surface area contributed by atoms with E-state index < -0.39 is 5.97 Å². The van der Waals surface area contributed by atoms with E-state index in [-0.39, 0.29) is 18.2 Å². The number of rotatable bonds is 4. The molecule has 1 saturated carbocycles. The Kier molecular flexibility index (Phi) is 2.90. The minimum Gasteiger partial charge on any atom is -0.481 e. The van der Waals surface area contributed by atoms with Crippen LogP contribution in [-0.2, 0) is 9.59 Å². The second kappa shape index (κ2) is 3.77. The molecule has 0 aromatic carbocycles. The van der Waals surface area contributed by atoms with E-state index in [4.69, 9.17) is 5.11 Å². The molecular formula is C9H15NO3. The Morgan fingerprint density at radius 1 is 1.54 bits per heavy atom. The lowest BCUT2D eigenvalue weighted by atomic mass is 10.3. The second-order valence-corrected chi connectivity index (χ2v) is 3.72. The van der Waals surface area contributed by atoms with E-state index in [1.54, 1.807) is 7.05 Å². The first-order chi connectivity index (χ1) is 6.02. The lowest BCUT2D eigenvalue weighted by molar-refractivity contribution is -0.138. The third kappa shape index (κ3) is 2.72. The van der Waals surface area contributed by atoms with Gasteiger partial charge in [-0.25, -0.2) is 0 Å². The number of carbonyl (C=O) groups is 2. The molecule has 0 radical (unpaired) electrons. The summed E-state index contributed by atoms with van der Waals surface area (Å²) < 4.78 is 0. The monoisotopic (exact) mass is 185 g/mol. The van der Waals surface area contributed by atoms with Crippen molar-refractivity contribution < 1.29 is 14.7 Å². The topological polar surface area (TPSA) is 57.6 Å². The maximum Gasteiger partial charge on any atom is 0.305 e. The Bertz CT molecular complexity index is 227. The smallest absolute Gasteiger partial charge is 0.305 e. The molecule has 74 valence electrons. The minimum absolute atomic E-state index is 0.0311. The second-order valence-electron chi connectivity index (χ2n) is 3.72. The predicted molar refractivity (Wildman–Crippen MR) is 47.2 cm³/mol. The highest BCUT2D eigenvalue weighted by Crippen LogP contribution is 2.38. The maximum absolute atomic E-state index is 11.5. The molecule has 1 amide bonds. The van der Waals surface area contributed by atoms with Gasteiger partial charge in [0.05, 0.1) is 6.42 Å². The summed E-state index contributed by atoms with van der Waals surface area (Å²) in [6.07, 6.45) is 0.986. The van der Waals surface area contributed by atoms with Crippen molar-refractivity contribution in [3.63, 3.8) is 0 Å². The standard InChI is InChI=1S/C9H15NO3/c1-6-5-7(6)9(13)10(2)4-3-8(11)12/h6-7H,3-5H2,1-2H3,(H,11,12). The van der Waals surface area contributed by atoms with E-state index in [1.807, 2.05) is 6.92 Å². The largest absolute Gasteiger partial charge is 0.481 e. The van der Waals surface area contributed by atoms with E-state index in [0.29, 0.717) is 12.5 Å². The molecule has 0 saturated heterocycles. The van der Waals surface area contributed by atoms with Crippen LogP contribution in [0.2, 0.25) is 0 Å². The quantitative estimate of drug-likeness (QED) is 0.696. The fraction of sp³-hybridized carbons (Fsp3) is 0.778. The molecule has 0 aliphatic heterocycles. The molecule has 1 N–H and O–H groups in total. The summed E-state index contributed by atoms with van der Waals surface area (Å²) in [6, 6.07) is 0. The van der Waals surface area contributed by atoms with Gasteiger partial charge in [0.15, 0.2) is 0 Å². The molecule has 4 nitrogen and oxygen atoms in total. The van der Waals surface area contributed by atoms with Gasteiger partial charge in [0.2, 0.25) is 5.91 Å². The van der Waals surface area contributed by atoms with Crippen LogP contribution in [0.4, 0.5) is 0 Å². The number of nitrogens with zero attached hydrogens (tertiary/aromatic N) is 1. The first-order valence-corrected chi connectivity index (χ1v) is 4.49. The van der Waals surface area contributed by atoms with Crippen LogP contribution >= 0.6 is 0 Å². The van der Waals surface area contributed by atoms with Gasteiger partial charge < -0.3 is 10.0 Å². The number of hydrogen-bond donors (Lipinski definition) is 1. The van der Waals surface area contributed by atoms with Gasteiger partial charge in [0.1, 0.15) is 0 Å². The summed E-state index contributed by atoms with van der Waals surface area (Å²) >= 11 is 0. The SMILES string of the molecule is CC1CC1C(=O)N(C)CCC(=O)O. The van der Waals surface area contributed by atoms with Gasteiger partial charge >= 0.3 is 5.97 Å². The molecule has 1 rings (SSSR count). The van der Waals surface area contributed by atoms with Crippen molar-refractivity contribution in [1.29, 1.82) is 0 Å². The fourth-order valence-corrected chi connectivity index (χ4v) is 1.32. The van der Waals surface area contributed by atoms with E-state index in [9.17, 15) is 9.59 Å². The lowest BCUT2D eigenvalue weighted by Crippen LogP contribution is -2.30. The summed E-state index contributed by atoms with van der Waals surface area (Å²) in [5, 5.41) is 8.41.